The molecule has 0 aliphatic heterocycles. The number of benzene rings is 1. The molecular weight excluding hydrogens is 275 g/mol. The molecule has 0 saturated heterocycles. The smallest absolute Gasteiger partial charge is 0.131 e. The standard InChI is InChI=1S/C15H19FN2OS/c1-10(2)17-7-15-18-12(9-20-15)8-19-13-5-4-11(3)14(16)6-13/h4-6,9-10,17H,7-8H2,1-3H3. The molecule has 0 aliphatic carbocycles. The van der Waals surface area contributed by atoms with Gasteiger partial charge in [0.25, 0.3) is 0 Å². The molecule has 3 nitrogen and oxygen atoms in total. The fourth-order valence-corrected chi connectivity index (χ4v) is 2.34. The molecule has 0 spiro atoms. The number of thiazole rings is 1. The molecule has 0 atom stereocenters. The van der Waals surface area contributed by atoms with E-state index in [1.807, 2.05) is 5.38 Å². The van der Waals surface area contributed by atoms with Crippen LogP contribution in [0.4, 0.5) is 4.39 Å². The highest BCUT2D eigenvalue weighted by Crippen LogP contribution is 2.18. The van der Waals surface area contributed by atoms with Gasteiger partial charge in [-0.3, -0.25) is 0 Å². The molecule has 0 radical (unpaired) electrons. The summed E-state index contributed by atoms with van der Waals surface area (Å²) in [6.07, 6.45) is 0. The SMILES string of the molecule is Cc1ccc(OCc2csc(CNC(C)C)n2)cc1F. The number of rotatable bonds is 6. The fraction of sp³-hybridized carbons (Fsp3) is 0.400. The lowest BCUT2D eigenvalue weighted by atomic mass is 10.2. The van der Waals surface area contributed by atoms with E-state index in [1.54, 1.807) is 30.4 Å². The third kappa shape index (κ3) is 4.28. The van der Waals surface area contributed by atoms with Crippen LogP contribution in [0.2, 0.25) is 0 Å². The van der Waals surface area contributed by atoms with Gasteiger partial charge in [0.2, 0.25) is 0 Å². The lowest BCUT2D eigenvalue weighted by Gasteiger charge is -2.06. The van der Waals surface area contributed by atoms with Crippen molar-refractivity contribution in [2.45, 2.75) is 40.0 Å². The van der Waals surface area contributed by atoms with Gasteiger partial charge in [0.05, 0.1) is 5.69 Å². The molecule has 20 heavy (non-hydrogen) atoms. The van der Waals surface area contributed by atoms with Crippen LogP contribution in [0.15, 0.2) is 23.6 Å². The van der Waals surface area contributed by atoms with Gasteiger partial charge in [-0.1, -0.05) is 19.9 Å². The summed E-state index contributed by atoms with van der Waals surface area (Å²) in [5.74, 6) is 0.283. The van der Waals surface area contributed by atoms with Crippen molar-refractivity contribution in [1.29, 1.82) is 0 Å². The van der Waals surface area contributed by atoms with Crippen molar-refractivity contribution in [2.75, 3.05) is 0 Å². The Morgan fingerprint density at radius 1 is 1.40 bits per heavy atom. The predicted molar refractivity (Wildman–Crippen MR) is 79.6 cm³/mol. The van der Waals surface area contributed by atoms with Crippen molar-refractivity contribution in [3.8, 4) is 5.75 Å². The number of aromatic nitrogens is 1. The van der Waals surface area contributed by atoms with Crippen molar-refractivity contribution >= 4 is 11.3 Å². The number of ether oxygens (including phenoxy) is 1. The van der Waals surface area contributed by atoms with Gasteiger partial charge in [0.15, 0.2) is 0 Å². The molecule has 1 N–H and O–H groups in total. The molecule has 0 bridgehead atoms. The van der Waals surface area contributed by atoms with Crippen LogP contribution in [-0.2, 0) is 13.2 Å². The van der Waals surface area contributed by atoms with Crippen LogP contribution in [0.3, 0.4) is 0 Å². The lowest BCUT2D eigenvalue weighted by molar-refractivity contribution is 0.300. The van der Waals surface area contributed by atoms with E-state index in [-0.39, 0.29) is 5.82 Å². The zero-order valence-corrected chi connectivity index (χ0v) is 12.8. The predicted octanol–water partition coefficient (Wildman–Crippen LogP) is 3.67. The van der Waals surface area contributed by atoms with Crippen LogP contribution < -0.4 is 10.1 Å². The minimum absolute atomic E-state index is 0.248. The minimum atomic E-state index is -0.248. The second-order valence-electron chi connectivity index (χ2n) is 4.97. The normalized spacial score (nSPS) is 11.1. The number of halogens is 1. The van der Waals surface area contributed by atoms with E-state index in [2.05, 4.69) is 24.1 Å². The maximum Gasteiger partial charge on any atom is 0.131 e. The quantitative estimate of drug-likeness (QED) is 0.882. The first-order valence-corrected chi connectivity index (χ1v) is 7.48. The third-order valence-electron chi connectivity index (χ3n) is 2.79. The molecule has 108 valence electrons. The Kier molecular flexibility index (Phi) is 5.09. The Labute approximate surface area is 122 Å². The maximum absolute atomic E-state index is 13.4. The summed E-state index contributed by atoms with van der Waals surface area (Å²) in [5, 5.41) is 6.33. The van der Waals surface area contributed by atoms with Crippen molar-refractivity contribution in [2.24, 2.45) is 0 Å². The first-order valence-electron chi connectivity index (χ1n) is 6.60. The van der Waals surface area contributed by atoms with Crippen LogP contribution in [0, 0.1) is 12.7 Å². The Hall–Kier alpha value is -1.46. The zero-order chi connectivity index (χ0) is 14.5. The second-order valence-corrected chi connectivity index (χ2v) is 5.91. The van der Waals surface area contributed by atoms with E-state index in [1.165, 1.54) is 6.07 Å². The Balaban J connectivity index is 1.89. The van der Waals surface area contributed by atoms with E-state index in [0.29, 0.717) is 24.0 Å². The van der Waals surface area contributed by atoms with Crippen LogP contribution in [0.5, 0.6) is 5.75 Å². The maximum atomic E-state index is 13.4. The van der Waals surface area contributed by atoms with E-state index in [4.69, 9.17) is 4.74 Å². The van der Waals surface area contributed by atoms with Gasteiger partial charge in [-0.2, -0.15) is 0 Å². The van der Waals surface area contributed by atoms with Crippen molar-refractivity contribution in [1.82, 2.24) is 10.3 Å². The lowest BCUT2D eigenvalue weighted by Crippen LogP contribution is -2.21. The molecule has 0 saturated carbocycles. The summed E-state index contributed by atoms with van der Waals surface area (Å²) < 4.78 is 18.9. The van der Waals surface area contributed by atoms with Crippen LogP contribution in [0.25, 0.3) is 0 Å². The van der Waals surface area contributed by atoms with E-state index in [0.717, 1.165) is 17.2 Å². The van der Waals surface area contributed by atoms with Gasteiger partial charge in [-0.25, -0.2) is 9.37 Å². The number of hydrogen-bond donors (Lipinski definition) is 1. The second kappa shape index (κ2) is 6.81. The highest BCUT2D eigenvalue weighted by atomic mass is 32.1. The van der Waals surface area contributed by atoms with E-state index < -0.39 is 0 Å². The molecule has 1 aromatic carbocycles. The van der Waals surface area contributed by atoms with Gasteiger partial charge < -0.3 is 10.1 Å². The molecule has 2 rings (SSSR count). The molecule has 0 amide bonds. The summed E-state index contributed by atoms with van der Waals surface area (Å²) in [5.41, 5.74) is 1.49. The number of hydrogen-bond acceptors (Lipinski definition) is 4. The fourth-order valence-electron chi connectivity index (χ4n) is 1.61. The van der Waals surface area contributed by atoms with Crippen molar-refractivity contribution < 1.29 is 9.13 Å². The van der Waals surface area contributed by atoms with Crippen molar-refractivity contribution in [3.63, 3.8) is 0 Å². The molecule has 2 aromatic rings. The summed E-state index contributed by atoms with van der Waals surface area (Å²) in [6.45, 7) is 7.06. The molecule has 1 aromatic heterocycles. The molecule has 0 aliphatic rings. The number of nitrogens with zero attached hydrogens (tertiary/aromatic N) is 1. The number of aryl methyl sites for hydroxylation is 1. The van der Waals surface area contributed by atoms with Crippen LogP contribution >= 0.6 is 11.3 Å². The first kappa shape index (κ1) is 14.9. The van der Waals surface area contributed by atoms with Crippen LogP contribution in [0.1, 0.15) is 30.1 Å². The van der Waals surface area contributed by atoms with E-state index in [9.17, 15) is 4.39 Å². The summed E-state index contributed by atoms with van der Waals surface area (Å²) in [7, 11) is 0. The molecule has 0 fully saturated rings. The van der Waals surface area contributed by atoms with E-state index >= 15 is 0 Å². The van der Waals surface area contributed by atoms with Gasteiger partial charge in [-0.05, 0) is 18.6 Å². The zero-order valence-electron chi connectivity index (χ0n) is 11.9. The van der Waals surface area contributed by atoms with Gasteiger partial charge in [0.1, 0.15) is 23.2 Å². The minimum Gasteiger partial charge on any atom is -0.487 e. The summed E-state index contributed by atoms with van der Waals surface area (Å²) in [4.78, 5) is 4.47. The summed E-state index contributed by atoms with van der Waals surface area (Å²) >= 11 is 1.60. The molecule has 5 heteroatoms. The average molecular weight is 294 g/mol. The monoisotopic (exact) mass is 294 g/mol. The average Bonchev–Trinajstić information content (AvgIpc) is 2.86. The largest absolute Gasteiger partial charge is 0.487 e. The summed E-state index contributed by atoms with van der Waals surface area (Å²) in [6, 6.07) is 5.33. The van der Waals surface area contributed by atoms with Gasteiger partial charge in [-0.15, -0.1) is 11.3 Å². The molecular formula is C15H19FN2OS. The highest BCUT2D eigenvalue weighted by Gasteiger charge is 2.05. The van der Waals surface area contributed by atoms with Crippen LogP contribution in [-0.4, -0.2) is 11.0 Å². The highest BCUT2D eigenvalue weighted by molar-refractivity contribution is 7.09. The number of nitrogens with one attached hydrogen (secondary N) is 1. The topological polar surface area (TPSA) is 34.1 Å². The Bertz CT molecular complexity index is 569. The molecule has 0 unspecified atom stereocenters. The Morgan fingerprint density at radius 3 is 2.90 bits per heavy atom. The third-order valence-corrected chi connectivity index (χ3v) is 3.69. The van der Waals surface area contributed by atoms with Crippen molar-refractivity contribution in [3.05, 3.63) is 45.7 Å². The van der Waals surface area contributed by atoms with Gasteiger partial charge in [0, 0.05) is 24.0 Å². The molecule has 1 heterocycles. The Morgan fingerprint density at radius 2 is 2.20 bits per heavy atom. The first-order chi connectivity index (χ1) is 9.54. The van der Waals surface area contributed by atoms with Gasteiger partial charge >= 0.3 is 0 Å².